The van der Waals surface area contributed by atoms with Crippen molar-refractivity contribution in [3.8, 4) is 0 Å². The number of halogens is 2. The van der Waals surface area contributed by atoms with Gasteiger partial charge in [-0.2, -0.15) is 0 Å². The van der Waals surface area contributed by atoms with Crippen LogP contribution >= 0.6 is 24.0 Å². The van der Waals surface area contributed by atoms with Gasteiger partial charge in [-0.25, -0.2) is 0 Å². The molecule has 3 nitrogen and oxygen atoms in total. The van der Waals surface area contributed by atoms with Gasteiger partial charge >= 0.3 is 0 Å². The molecule has 100 valence electrons. The molecule has 1 atom stereocenters. The Labute approximate surface area is 119 Å². The number of nitrogens with two attached hydrogens (primary N) is 1. The number of hydrogen-bond acceptors (Lipinski definition) is 2. The number of rotatable bonds is 2. The molecule has 0 saturated carbocycles. The van der Waals surface area contributed by atoms with Crippen LogP contribution in [0.25, 0.3) is 0 Å². The van der Waals surface area contributed by atoms with E-state index in [1.165, 1.54) is 0 Å². The second-order valence-corrected chi connectivity index (χ2v) is 5.03. The van der Waals surface area contributed by atoms with Crippen LogP contribution in [0.2, 0.25) is 5.02 Å². The van der Waals surface area contributed by atoms with Gasteiger partial charge in [0, 0.05) is 13.1 Å². The van der Waals surface area contributed by atoms with Crippen molar-refractivity contribution in [2.24, 2.45) is 11.7 Å². The molecule has 5 heteroatoms. The summed E-state index contributed by atoms with van der Waals surface area (Å²) in [6.45, 7) is 4.14. The van der Waals surface area contributed by atoms with Crippen molar-refractivity contribution in [2.75, 3.05) is 19.6 Å². The summed E-state index contributed by atoms with van der Waals surface area (Å²) in [5.74, 6) is 0.453. The lowest BCUT2D eigenvalue weighted by Crippen LogP contribution is -2.30. The first-order chi connectivity index (χ1) is 8.11. The summed E-state index contributed by atoms with van der Waals surface area (Å²) >= 11 is 6.10. The molecule has 0 aliphatic carbocycles. The quantitative estimate of drug-likeness (QED) is 0.909. The van der Waals surface area contributed by atoms with Gasteiger partial charge in [0.25, 0.3) is 5.91 Å². The van der Waals surface area contributed by atoms with Crippen molar-refractivity contribution in [1.29, 1.82) is 0 Å². The zero-order valence-electron chi connectivity index (χ0n) is 10.4. The van der Waals surface area contributed by atoms with E-state index >= 15 is 0 Å². The fourth-order valence-electron chi connectivity index (χ4n) is 2.17. The zero-order valence-corrected chi connectivity index (χ0v) is 11.9. The molecule has 0 bridgehead atoms. The first-order valence-electron chi connectivity index (χ1n) is 5.87. The van der Waals surface area contributed by atoms with E-state index < -0.39 is 0 Å². The van der Waals surface area contributed by atoms with E-state index in [2.05, 4.69) is 0 Å². The van der Waals surface area contributed by atoms with E-state index in [0.717, 1.165) is 25.1 Å². The van der Waals surface area contributed by atoms with Crippen LogP contribution in [0.1, 0.15) is 22.3 Å². The third kappa shape index (κ3) is 3.16. The fraction of sp³-hybridized carbons (Fsp3) is 0.462. The minimum atomic E-state index is 0. The van der Waals surface area contributed by atoms with Crippen molar-refractivity contribution in [3.05, 3.63) is 34.3 Å². The third-order valence-corrected chi connectivity index (χ3v) is 3.57. The second kappa shape index (κ2) is 6.41. The summed E-state index contributed by atoms with van der Waals surface area (Å²) in [6, 6.07) is 5.54. The topological polar surface area (TPSA) is 46.3 Å². The van der Waals surface area contributed by atoms with E-state index in [1.54, 1.807) is 6.07 Å². The molecule has 0 aromatic heterocycles. The van der Waals surface area contributed by atoms with Crippen molar-refractivity contribution in [3.63, 3.8) is 0 Å². The monoisotopic (exact) mass is 288 g/mol. The normalized spacial score (nSPS) is 18.6. The van der Waals surface area contributed by atoms with Gasteiger partial charge in [0.15, 0.2) is 0 Å². The second-order valence-electron chi connectivity index (χ2n) is 4.62. The molecule has 1 aliphatic heterocycles. The smallest absolute Gasteiger partial charge is 0.255 e. The standard InChI is InChI=1S/C13H17ClN2O.ClH/c1-9-2-3-11(12(14)6-9)13(17)16-5-4-10(7-15)8-16;/h2-3,6,10H,4-5,7-8,15H2,1H3;1H. The lowest BCUT2D eigenvalue weighted by atomic mass is 10.1. The Morgan fingerprint density at radius 3 is 2.83 bits per heavy atom. The molecule has 1 fully saturated rings. The lowest BCUT2D eigenvalue weighted by molar-refractivity contribution is 0.0788. The predicted octanol–water partition coefficient (Wildman–Crippen LogP) is 2.49. The van der Waals surface area contributed by atoms with E-state index in [9.17, 15) is 4.79 Å². The van der Waals surface area contributed by atoms with E-state index in [0.29, 0.717) is 23.0 Å². The molecule has 1 aliphatic rings. The van der Waals surface area contributed by atoms with Gasteiger partial charge in [-0.1, -0.05) is 17.7 Å². The summed E-state index contributed by atoms with van der Waals surface area (Å²) in [5.41, 5.74) is 7.28. The van der Waals surface area contributed by atoms with Gasteiger partial charge in [-0.3, -0.25) is 4.79 Å². The number of carbonyl (C=O) groups excluding carboxylic acids is 1. The highest BCUT2D eigenvalue weighted by atomic mass is 35.5. The molecule has 0 spiro atoms. The largest absolute Gasteiger partial charge is 0.338 e. The zero-order chi connectivity index (χ0) is 12.4. The van der Waals surface area contributed by atoms with Gasteiger partial charge < -0.3 is 10.6 Å². The Morgan fingerprint density at radius 2 is 2.28 bits per heavy atom. The van der Waals surface area contributed by atoms with Crippen LogP contribution in [0.3, 0.4) is 0 Å². The van der Waals surface area contributed by atoms with Crippen molar-refractivity contribution in [2.45, 2.75) is 13.3 Å². The minimum Gasteiger partial charge on any atom is -0.338 e. The summed E-state index contributed by atoms with van der Waals surface area (Å²) in [5, 5.41) is 0.534. The Hall–Kier alpha value is -0.770. The highest BCUT2D eigenvalue weighted by molar-refractivity contribution is 6.33. The van der Waals surface area contributed by atoms with Gasteiger partial charge in [0.1, 0.15) is 0 Å². The maximum absolute atomic E-state index is 12.2. The van der Waals surface area contributed by atoms with Gasteiger partial charge in [-0.05, 0) is 43.5 Å². The molecular formula is C13H18Cl2N2O. The van der Waals surface area contributed by atoms with Gasteiger partial charge in [0.2, 0.25) is 0 Å². The number of amides is 1. The summed E-state index contributed by atoms with van der Waals surface area (Å²) in [7, 11) is 0. The molecule has 1 unspecified atom stereocenters. The molecule has 1 amide bonds. The molecule has 1 heterocycles. The van der Waals surface area contributed by atoms with Crippen LogP contribution in [0.4, 0.5) is 0 Å². The molecule has 0 radical (unpaired) electrons. The Bertz CT molecular complexity index is 437. The van der Waals surface area contributed by atoms with Crippen LogP contribution in [-0.2, 0) is 0 Å². The highest BCUT2D eigenvalue weighted by Crippen LogP contribution is 2.23. The number of aryl methyl sites for hydroxylation is 1. The molecule has 2 N–H and O–H groups in total. The SMILES string of the molecule is Cc1ccc(C(=O)N2CCC(CN)C2)c(Cl)c1.Cl. The first kappa shape index (κ1) is 15.3. The minimum absolute atomic E-state index is 0. The highest BCUT2D eigenvalue weighted by Gasteiger charge is 2.26. The number of nitrogens with zero attached hydrogens (tertiary/aromatic N) is 1. The predicted molar refractivity (Wildman–Crippen MR) is 76.5 cm³/mol. The molecule has 1 saturated heterocycles. The molecular weight excluding hydrogens is 271 g/mol. The number of benzene rings is 1. The van der Waals surface area contributed by atoms with Gasteiger partial charge in [-0.15, -0.1) is 12.4 Å². The summed E-state index contributed by atoms with van der Waals surface area (Å²) in [6.07, 6.45) is 0.992. The lowest BCUT2D eigenvalue weighted by Gasteiger charge is -2.17. The number of likely N-dealkylation sites (tertiary alicyclic amines) is 1. The van der Waals surface area contributed by atoms with Crippen molar-refractivity contribution < 1.29 is 4.79 Å². The molecule has 18 heavy (non-hydrogen) atoms. The van der Waals surface area contributed by atoms with Crippen LogP contribution in [0.5, 0.6) is 0 Å². The van der Waals surface area contributed by atoms with Crippen LogP contribution in [0.15, 0.2) is 18.2 Å². The van der Waals surface area contributed by atoms with Crippen LogP contribution in [-0.4, -0.2) is 30.4 Å². The Balaban J connectivity index is 0.00000162. The maximum Gasteiger partial charge on any atom is 0.255 e. The number of hydrogen-bond donors (Lipinski definition) is 1. The maximum atomic E-state index is 12.2. The van der Waals surface area contributed by atoms with E-state index in [4.69, 9.17) is 17.3 Å². The Kier molecular flexibility index (Phi) is 5.45. The summed E-state index contributed by atoms with van der Waals surface area (Å²) in [4.78, 5) is 14.1. The molecule has 1 aromatic rings. The third-order valence-electron chi connectivity index (χ3n) is 3.26. The molecule has 1 aromatic carbocycles. The van der Waals surface area contributed by atoms with Gasteiger partial charge in [0.05, 0.1) is 10.6 Å². The first-order valence-corrected chi connectivity index (χ1v) is 6.25. The fourth-order valence-corrected chi connectivity index (χ4v) is 2.49. The Morgan fingerprint density at radius 1 is 1.56 bits per heavy atom. The van der Waals surface area contributed by atoms with Crippen LogP contribution < -0.4 is 5.73 Å². The van der Waals surface area contributed by atoms with Crippen molar-refractivity contribution >= 4 is 29.9 Å². The number of carbonyl (C=O) groups is 1. The van der Waals surface area contributed by atoms with E-state index in [-0.39, 0.29) is 18.3 Å². The average Bonchev–Trinajstić information content (AvgIpc) is 2.76. The molecule has 2 rings (SSSR count). The average molecular weight is 289 g/mol. The van der Waals surface area contributed by atoms with Crippen LogP contribution in [0, 0.1) is 12.8 Å². The van der Waals surface area contributed by atoms with E-state index in [1.807, 2.05) is 24.0 Å². The summed E-state index contributed by atoms with van der Waals surface area (Å²) < 4.78 is 0. The van der Waals surface area contributed by atoms with Crippen molar-refractivity contribution in [1.82, 2.24) is 4.90 Å².